The predicted octanol–water partition coefficient (Wildman–Crippen LogP) is 2.89. The zero-order chi connectivity index (χ0) is 15.1. The van der Waals surface area contributed by atoms with Gasteiger partial charge in [-0.25, -0.2) is 4.98 Å². The lowest BCUT2D eigenvalue weighted by Gasteiger charge is -2.20. The van der Waals surface area contributed by atoms with Crippen molar-refractivity contribution in [3.63, 3.8) is 0 Å². The van der Waals surface area contributed by atoms with Crippen LogP contribution < -0.4 is 10.6 Å². The molecule has 0 aliphatic heterocycles. The summed E-state index contributed by atoms with van der Waals surface area (Å²) in [7, 11) is 4.24. The van der Waals surface area contributed by atoms with E-state index in [9.17, 15) is 0 Å². The lowest BCUT2D eigenvalue weighted by Crippen LogP contribution is -2.26. The third kappa shape index (κ3) is 4.72. The van der Waals surface area contributed by atoms with Gasteiger partial charge in [-0.05, 0) is 46.3 Å². The first-order chi connectivity index (χ1) is 9.53. The minimum Gasteiger partial charge on any atom is -0.348 e. The highest BCUT2D eigenvalue weighted by molar-refractivity contribution is 7.15. The summed E-state index contributed by atoms with van der Waals surface area (Å²) in [6.45, 7) is 10.4. The molecular weight excluding hydrogens is 268 g/mol. The average Bonchev–Trinajstić information content (AvgIpc) is 2.86. The molecule has 0 spiro atoms. The van der Waals surface area contributed by atoms with Crippen LogP contribution in [-0.4, -0.2) is 43.6 Å². The highest BCUT2D eigenvalue weighted by Gasteiger charge is 2.17. The molecule has 0 amide bonds. The third-order valence-electron chi connectivity index (χ3n) is 3.67. The number of rotatable bonds is 9. The molecule has 0 fully saturated rings. The van der Waals surface area contributed by atoms with Crippen LogP contribution in [0.25, 0.3) is 0 Å². The van der Waals surface area contributed by atoms with E-state index in [4.69, 9.17) is 10.7 Å². The van der Waals surface area contributed by atoms with Crippen LogP contribution in [0.2, 0.25) is 0 Å². The van der Waals surface area contributed by atoms with Gasteiger partial charge >= 0.3 is 0 Å². The number of aromatic nitrogens is 1. The average molecular weight is 299 g/mol. The van der Waals surface area contributed by atoms with Gasteiger partial charge in [0, 0.05) is 24.5 Å². The molecule has 1 heterocycles. The Morgan fingerprint density at radius 3 is 2.45 bits per heavy atom. The van der Waals surface area contributed by atoms with Crippen LogP contribution in [-0.2, 0) is 6.54 Å². The summed E-state index contributed by atoms with van der Waals surface area (Å²) in [5, 5.41) is 1.14. The second kappa shape index (κ2) is 8.60. The van der Waals surface area contributed by atoms with E-state index < -0.39 is 0 Å². The highest BCUT2D eigenvalue weighted by atomic mass is 32.1. The molecule has 5 heteroatoms. The molecule has 0 saturated heterocycles. The summed E-state index contributed by atoms with van der Waals surface area (Å²) < 4.78 is 0. The minimum absolute atomic E-state index is 0.499. The monoisotopic (exact) mass is 298 g/mol. The number of nitrogens with two attached hydrogens (primary N) is 1. The van der Waals surface area contributed by atoms with Crippen LogP contribution >= 0.6 is 11.3 Å². The molecular formula is C15H30N4S. The van der Waals surface area contributed by atoms with Crippen molar-refractivity contribution in [2.45, 2.75) is 46.1 Å². The Labute approximate surface area is 128 Å². The molecule has 116 valence electrons. The van der Waals surface area contributed by atoms with Crippen molar-refractivity contribution in [1.82, 2.24) is 9.88 Å². The second-order valence-electron chi connectivity index (χ2n) is 5.55. The molecule has 1 unspecified atom stereocenters. The predicted molar refractivity (Wildman–Crippen MR) is 89.8 cm³/mol. The lowest BCUT2D eigenvalue weighted by atomic mass is 10.0. The van der Waals surface area contributed by atoms with Gasteiger partial charge in [-0.1, -0.05) is 13.8 Å². The molecule has 1 aromatic rings. The smallest absolute Gasteiger partial charge is 0.185 e. The lowest BCUT2D eigenvalue weighted by molar-refractivity contribution is 0.400. The van der Waals surface area contributed by atoms with E-state index in [0.717, 1.165) is 37.6 Å². The second-order valence-corrected chi connectivity index (χ2v) is 6.62. The molecule has 0 aliphatic carbocycles. The molecule has 4 nitrogen and oxygen atoms in total. The van der Waals surface area contributed by atoms with E-state index in [-0.39, 0.29) is 0 Å². The quantitative estimate of drug-likeness (QED) is 0.761. The van der Waals surface area contributed by atoms with Crippen molar-refractivity contribution in [2.75, 3.05) is 38.6 Å². The first kappa shape index (κ1) is 17.4. The summed E-state index contributed by atoms with van der Waals surface area (Å²) in [6.07, 6.45) is 2.28. The Balaban J connectivity index is 2.79. The van der Waals surface area contributed by atoms with Gasteiger partial charge in [0.25, 0.3) is 0 Å². The zero-order valence-electron chi connectivity index (χ0n) is 13.6. The summed E-state index contributed by atoms with van der Waals surface area (Å²) in [5.41, 5.74) is 7.09. The van der Waals surface area contributed by atoms with Crippen molar-refractivity contribution in [2.24, 2.45) is 5.73 Å². The molecule has 0 aliphatic rings. The molecule has 20 heavy (non-hydrogen) atoms. The maximum atomic E-state index is 5.88. The SMILES string of the molecule is CCC(C)c1nc(N(CC)CCCN(C)C)sc1CN. The highest BCUT2D eigenvalue weighted by Crippen LogP contribution is 2.31. The van der Waals surface area contributed by atoms with Crippen LogP contribution in [0.3, 0.4) is 0 Å². The Bertz CT molecular complexity index is 389. The number of hydrogen-bond acceptors (Lipinski definition) is 5. The Kier molecular flexibility index (Phi) is 7.48. The topological polar surface area (TPSA) is 45.4 Å². The van der Waals surface area contributed by atoms with Crippen molar-refractivity contribution in [3.05, 3.63) is 10.6 Å². The first-order valence-electron chi connectivity index (χ1n) is 7.62. The Morgan fingerprint density at radius 2 is 1.95 bits per heavy atom. The van der Waals surface area contributed by atoms with Crippen LogP contribution in [0.15, 0.2) is 0 Å². The van der Waals surface area contributed by atoms with Crippen molar-refractivity contribution in [1.29, 1.82) is 0 Å². The molecule has 1 rings (SSSR count). The molecule has 0 saturated carbocycles. The third-order valence-corrected chi connectivity index (χ3v) is 4.82. The van der Waals surface area contributed by atoms with Crippen LogP contribution in [0.5, 0.6) is 0 Å². The minimum atomic E-state index is 0.499. The van der Waals surface area contributed by atoms with Gasteiger partial charge in [0.15, 0.2) is 5.13 Å². The molecule has 1 atom stereocenters. The van der Waals surface area contributed by atoms with Crippen LogP contribution in [0.1, 0.15) is 50.1 Å². The van der Waals surface area contributed by atoms with Crippen molar-refractivity contribution in [3.8, 4) is 0 Å². The first-order valence-corrected chi connectivity index (χ1v) is 8.44. The van der Waals surface area contributed by atoms with Crippen molar-refractivity contribution < 1.29 is 0 Å². The summed E-state index contributed by atoms with van der Waals surface area (Å²) in [5.74, 6) is 0.499. The maximum Gasteiger partial charge on any atom is 0.185 e. The fourth-order valence-electron chi connectivity index (χ4n) is 2.18. The Morgan fingerprint density at radius 1 is 1.25 bits per heavy atom. The molecule has 0 radical (unpaired) electrons. The van der Waals surface area contributed by atoms with Gasteiger partial charge in [-0.15, -0.1) is 11.3 Å². The van der Waals surface area contributed by atoms with Gasteiger partial charge in [0.1, 0.15) is 0 Å². The zero-order valence-corrected chi connectivity index (χ0v) is 14.5. The van der Waals surface area contributed by atoms with E-state index in [1.165, 1.54) is 10.6 Å². The Hall–Kier alpha value is -0.650. The normalized spacial score (nSPS) is 12.9. The van der Waals surface area contributed by atoms with Gasteiger partial charge in [-0.3, -0.25) is 0 Å². The van der Waals surface area contributed by atoms with E-state index in [0.29, 0.717) is 12.5 Å². The van der Waals surface area contributed by atoms with E-state index >= 15 is 0 Å². The fraction of sp³-hybridized carbons (Fsp3) is 0.800. The number of nitrogens with zero attached hydrogens (tertiary/aromatic N) is 3. The van der Waals surface area contributed by atoms with Gasteiger partial charge in [-0.2, -0.15) is 0 Å². The summed E-state index contributed by atoms with van der Waals surface area (Å²) in [4.78, 5) is 10.7. The number of thiazole rings is 1. The molecule has 1 aromatic heterocycles. The number of anilines is 1. The summed E-state index contributed by atoms with van der Waals surface area (Å²) >= 11 is 1.77. The van der Waals surface area contributed by atoms with E-state index in [1.807, 2.05) is 0 Å². The number of hydrogen-bond donors (Lipinski definition) is 1. The molecule has 0 aromatic carbocycles. The van der Waals surface area contributed by atoms with Gasteiger partial charge in [0.2, 0.25) is 0 Å². The fourth-order valence-corrected chi connectivity index (χ4v) is 3.33. The summed E-state index contributed by atoms with van der Waals surface area (Å²) in [6, 6.07) is 0. The van der Waals surface area contributed by atoms with Crippen LogP contribution in [0, 0.1) is 0 Å². The maximum absolute atomic E-state index is 5.88. The van der Waals surface area contributed by atoms with Crippen molar-refractivity contribution >= 4 is 16.5 Å². The molecule has 0 bridgehead atoms. The van der Waals surface area contributed by atoms with Crippen LogP contribution in [0.4, 0.5) is 5.13 Å². The van der Waals surface area contributed by atoms with E-state index in [1.54, 1.807) is 11.3 Å². The molecule has 2 N–H and O–H groups in total. The van der Waals surface area contributed by atoms with Gasteiger partial charge in [0.05, 0.1) is 5.69 Å². The van der Waals surface area contributed by atoms with Gasteiger partial charge < -0.3 is 15.5 Å². The largest absolute Gasteiger partial charge is 0.348 e. The standard InChI is InChI=1S/C15H30N4S/c1-6-12(3)14-13(11-16)20-15(17-14)19(7-2)10-8-9-18(4)5/h12H,6-11,16H2,1-5H3. The van der Waals surface area contributed by atoms with E-state index in [2.05, 4.69) is 44.7 Å².